The molecule has 1 fully saturated rings. The van der Waals surface area contributed by atoms with Crippen molar-refractivity contribution in [2.75, 3.05) is 12.9 Å². The number of ether oxygens (including phenoxy) is 1. The van der Waals surface area contributed by atoms with Crippen LogP contribution < -0.4 is 5.32 Å². The van der Waals surface area contributed by atoms with Crippen molar-refractivity contribution in [2.24, 2.45) is 5.92 Å². The van der Waals surface area contributed by atoms with E-state index in [-0.39, 0.29) is 23.7 Å². The first-order valence-electron chi connectivity index (χ1n) is 8.33. The molecule has 0 heterocycles. The van der Waals surface area contributed by atoms with Crippen LogP contribution in [0, 0.1) is 5.92 Å². The summed E-state index contributed by atoms with van der Waals surface area (Å²) in [5.41, 5.74) is 1.64. The molecule has 1 aliphatic carbocycles. The summed E-state index contributed by atoms with van der Waals surface area (Å²) in [6.45, 7) is 0. The molecular weight excluding hydrogens is 334 g/mol. The molecule has 0 radical (unpaired) electrons. The van der Waals surface area contributed by atoms with Crippen molar-refractivity contribution in [1.29, 1.82) is 0 Å². The maximum absolute atomic E-state index is 12.4. The number of rotatable bonds is 7. The zero-order valence-corrected chi connectivity index (χ0v) is 14.9. The largest absolute Gasteiger partial charge is 0.465 e. The minimum Gasteiger partial charge on any atom is -0.465 e. The fraction of sp³-hybridized carbons (Fsp3) is 0.300. The molecule has 1 N–H and O–H groups in total. The summed E-state index contributed by atoms with van der Waals surface area (Å²) in [5, 5.41) is 3.15. The molecule has 0 spiro atoms. The van der Waals surface area contributed by atoms with Gasteiger partial charge in [-0.25, -0.2) is 4.79 Å². The summed E-state index contributed by atoms with van der Waals surface area (Å²) in [6.07, 6.45) is 2.30. The van der Waals surface area contributed by atoms with E-state index in [1.807, 2.05) is 30.3 Å². The first kappa shape index (κ1) is 17.5. The molecule has 4 nitrogen and oxygen atoms in total. The molecule has 1 aliphatic rings. The molecule has 1 unspecified atom stereocenters. The Hall–Kier alpha value is -2.27. The quantitative estimate of drug-likeness (QED) is 0.606. The van der Waals surface area contributed by atoms with Crippen LogP contribution >= 0.6 is 11.8 Å². The van der Waals surface area contributed by atoms with Crippen molar-refractivity contribution in [2.45, 2.75) is 23.8 Å². The van der Waals surface area contributed by atoms with E-state index in [9.17, 15) is 9.59 Å². The van der Waals surface area contributed by atoms with Crippen LogP contribution in [-0.2, 0) is 9.53 Å². The lowest BCUT2D eigenvalue weighted by atomic mass is 10.0. The molecular formula is C20H21NO3S. The molecule has 0 aromatic heterocycles. The number of methoxy groups -OCH3 is 1. The zero-order chi connectivity index (χ0) is 17.6. The third-order valence-corrected chi connectivity index (χ3v) is 5.29. The molecule has 1 amide bonds. The number of esters is 1. The molecule has 2 aromatic rings. The van der Waals surface area contributed by atoms with Gasteiger partial charge in [0.25, 0.3) is 0 Å². The highest BCUT2D eigenvalue weighted by Crippen LogP contribution is 2.41. The van der Waals surface area contributed by atoms with Gasteiger partial charge in [-0.2, -0.15) is 0 Å². The van der Waals surface area contributed by atoms with Crippen molar-refractivity contribution < 1.29 is 14.3 Å². The summed E-state index contributed by atoms with van der Waals surface area (Å²) in [7, 11) is 1.36. The number of hydrogen-bond acceptors (Lipinski definition) is 4. The van der Waals surface area contributed by atoms with Crippen LogP contribution in [0.25, 0.3) is 0 Å². The van der Waals surface area contributed by atoms with E-state index in [1.54, 1.807) is 12.1 Å². The van der Waals surface area contributed by atoms with Gasteiger partial charge >= 0.3 is 5.97 Å². The number of nitrogens with one attached hydrogen (secondary N) is 1. The molecule has 25 heavy (non-hydrogen) atoms. The Morgan fingerprint density at radius 1 is 1.12 bits per heavy atom. The van der Waals surface area contributed by atoms with Gasteiger partial charge in [-0.15, -0.1) is 11.8 Å². The van der Waals surface area contributed by atoms with E-state index < -0.39 is 0 Å². The molecule has 3 rings (SSSR count). The maximum atomic E-state index is 12.4. The zero-order valence-electron chi connectivity index (χ0n) is 14.1. The maximum Gasteiger partial charge on any atom is 0.338 e. The molecule has 0 aliphatic heterocycles. The highest BCUT2D eigenvalue weighted by molar-refractivity contribution is 8.00. The lowest BCUT2D eigenvalue weighted by molar-refractivity contribution is -0.119. The van der Waals surface area contributed by atoms with Crippen LogP contribution in [0.15, 0.2) is 59.5 Å². The Morgan fingerprint density at radius 3 is 2.48 bits per heavy atom. The van der Waals surface area contributed by atoms with Gasteiger partial charge in [-0.3, -0.25) is 4.79 Å². The fourth-order valence-electron chi connectivity index (χ4n) is 2.79. The second kappa shape index (κ2) is 8.21. The molecule has 2 aromatic carbocycles. The minimum atomic E-state index is -0.386. The molecule has 5 heteroatoms. The van der Waals surface area contributed by atoms with Crippen molar-refractivity contribution in [1.82, 2.24) is 5.32 Å². The molecule has 1 atom stereocenters. The number of carbonyl (C=O) groups excluding carboxylic acids is 2. The van der Waals surface area contributed by atoms with E-state index >= 15 is 0 Å². The Morgan fingerprint density at radius 2 is 1.80 bits per heavy atom. The number of carbonyl (C=O) groups is 2. The van der Waals surface area contributed by atoms with Gasteiger partial charge in [0.05, 0.1) is 24.5 Å². The smallest absolute Gasteiger partial charge is 0.338 e. The predicted octanol–water partition coefficient (Wildman–Crippen LogP) is 3.83. The average molecular weight is 355 g/mol. The number of thioether (sulfide) groups is 1. The Labute approximate surface area is 152 Å². The SMILES string of the molecule is COC(=O)c1ccccc1SCC(=O)NC(c1ccccc1)C1CC1. The van der Waals surface area contributed by atoms with Crippen LogP contribution in [-0.4, -0.2) is 24.7 Å². The van der Waals surface area contributed by atoms with Crippen LogP contribution in [0.2, 0.25) is 0 Å². The van der Waals surface area contributed by atoms with Gasteiger partial charge in [-0.05, 0) is 36.5 Å². The van der Waals surface area contributed by atoms with E-state index in [4.69, 9.17) is 4.74 Å². The Kier molecular flexibility index (Phi) is 5.76. The normalized spacial score (nSPS) is 14.6. The Bertz CT molecular complexity index is 744. The van der Waals surface area contributed by atoms with Gasteiger partial charge in [-0.1, -0.05) is 42.5 Å². The van der Waals surface area contributed by atoms with Gasteiger partial charge < -0.3 is 10.1 Å². The van der Waals surface area contributed by atoms with Gasteiger partial charge in [0.1, 0.15) is 0 Å². The topological polar surface area (TPSA) is 55.4 Å². The van der Waals surface area contributed by atoms with Crippen LogP contribution in [0.5, 0.6) is 0 Å². The minimum absolute atomic E-state index is 0.0228. The van der Waals surface area contributed by atoms with E-state index in [0.29, 0.717) is 11.5 Å². The van der Waals surface area contributed by atoms with E-state index in [1.165, 1.54) is 18.9 Å². The number of benzene rings is 2. The third kappa shape index (κ3) is 4.63. The van der Waals surface area contributed by atoms with Gasteiger partial charge in [0.15, 0.2) is 0 Å². The molecule has 0 bridgehead atoms. The predicted molar refractivity (Wildman–Crippen MR) is 98.6 cm³/mol. The molecule has 130 valence electrons. The lowest BCUT2D eigenvalue weighted by Gasteiger charge is -2.19. The number of hydrogen-bond donors (Lipinski definition) is 1. The van der Waals surface area contributed by atoms with E-state index in [0.717, 1.165) is 23.3 Å². The van der Waals surface area contributed by atoms with Crippen molar-refractivity contribution in [3.05, 3.63) is 65.7 Å². The van der Waals surface area contributed by atoms with Crippen LogP contribution in [0.1, 0.15) is 34.8 Å². The Balaban J connectivity index is 1.62. The first-order chi connectivity index (χ1) is 12.2. The summed E-state index contributed by atoms with van der Waals surface area (Å²) >= 11 is 1.36. The highest BCUT2D eigenvalue weighted by Gasteiger charge is 2.33. The van der Waals surface area contributed by atoms with Gasteiger partial charge in [0, 0.05) is 4.90 Å². The standard InChI is InChI=1S/C20H21NO3S/c1-24-20(23)16-9-5-6-10-17(16)25-13-18(22)21-19(15-11-12-15)14-7-3-2-4-8-14/h2-10,15,19H,11-13H2,1H3,(H,21,22). The van der Waals surface area contributed by atoms with Crippen molar-refractivity contribution in [3.8, 4) is 0 Å². The fourth-order valence-corrected chi connectivity index (χ4v) is 3.64. The van der Waals surface area contributed by atoms with Crippen LogP contribution in [0.3, 0.4) is 0 Å². The van der Waals surface area contributed by atoms with Crippen molar-refractivity contribution >= 4 is 23.6 Å². The monoisotopic (exact) mass is 355 g/mol. The van der Waals surface area contributed by atoms with E-state index in [2.05, 4.69) is 17.4 Å². The number of amides is 1. The average Bonchev–Trinajstić information content (AvgIpc) is 3.50. The summed E-state index contributed by atoms with van der Waals surface area (Å²) in [6, 6.07) is 17.4. The van der Waals surface area contributed by atoms with Crippen molar-refractivity contribution in [3.63, 3.8) is 0 Å². The van der Waals surface area contributed by atoms with Gasteiger partial charge in [0.2, 0.25) is 5.91 Å². The van der Waals surface area contributed by atoms with Crippen LogP contribution in [0.4, 0.5) is 0 Å². The lowest BCUT2D eigenvalue weighted by Crippen LogP contribution is -2.31. The highest BCUT2D eigenvalue weighted by atomic mass is 32.2. The second-order valence-corrected chi connectivity index (χ2v) is 7.09. The molecule has 0 saturated heterocycles. The first-order valence-corrected chi connectivity index (χ1v) is 9.32. The molecule has 1 saturated carbocycles. The second-order valence-electron chi connectivity index (χ2n) is 6.07. The summed E-state index contributed by atoms with van der Waals surface area (Å²) < 4.78 is 4.79. The summed E-state index contributed by atoms with van der Waals surface area (Å²) in [5.74, 6) is 0.386. The third-order valence-electron chi connectivity index (χ3n) is 4.22. The summed E-state index contributed by atoms with van der Waals surface area (Å²) in [4.78, 5) is 25.0.